The van der Waals surface area contributed by atoms with Crippen LogP contribution < -0.4 is 10.9 Å². The van der Waals surface area contributed by atoms with Crippen molar-refractivity contribution in [3.63, 3.8) is 0 Å². The molecule has 1 fully saturated rings. The van der Waals surface area contributed by atoms with Crippen LogP contribution in [0, 0.1) is 11.8 Å². The highest BCUT2D eigenvalue weighted by Crippen LogP contribution is 2.49. The lowest BCUT2D eigenvalue weighted by Crippen LogP contribution is -2.49. The second kappa shape index (κ2) is 10.3. The topological polar surface area (TPSA) is 87.5 Å². The molecule has 0 unspecified atom stereocenters. The number of nitrogens with one attached hydrogen (secondary N) is 1. The van der Waals surface area contributed by atoms with Gasteiger partial charge in [-0.05, 0) is 43.2 Å². The summed E-state index contributed by atoms with van der Waals surface area (Å²) in [5.41, 5.74) is 1.83. The predicted molar refractivity (Wildman–Crippen MR) is 124 cm³/mol. The number of likely N-dealkylation sites (tertiary alicyclic amines) is 1. The van der Waals surface area contributed by atoms with E-state index in [1.54, 1.807) is 48.2 Å². The molecular weight excluding hydrogens is 461 g/mol. The number of halogens is 3. The molecule has 0 bridgehead atoms. The number of carbonyl (C=O) groups excluding carboxylic acids is 1. The van der Waals surface area contributed by atoms with Crippen molar-refractivity contribution in [3.05, 3.63) is 69.9 Å². The Balaban J connectivity index is 1.61. The molecule has 10 heteroatoms. The summed E-state index contributed by atoms with van der Waals surface area (Å²) in [6, 6.07) is 5.59. The van der Waals surface area contributed by atoms with Gasteiger partial charge in [0.25, 0.3) is 5.56 Å². The number of fused-ring (bicyclic) bond motifs is 3. The van der Waals surface area contributed by atoms with Crippen molar-refractivity contribution in [2.75, 3.05) is 19.7 Å². The minimum atomic E-state index is -4.40. The van der Waals surface area contributed by atoms with E-state index in [9.17, 15) is 27.9 Å². The summed E-state index contributed by atoms with van der Waals surface area (Å²) in [6.07, 6.45) is 1.80. The lowest BCUT2D eigenvalue weighted by atomic mass is 9.88. The van der Waals surface area contributed by atoms with Crippen LogP contribution in [0.3, 0.4) is 0 Å². The molecule has 1 amide bonds. The highest BCUT2D eigenvalue weighted by Gasteiger charge is 2.55. The van der Waals surface area contributed by atoms with Crippen LogP contribution in [0.2, 0.25) is 0 Å². The molecule has 2 aliphatic rings. The number of amides is 1. The number of aliphatic hydroxyl groups is 1. The quantitative estimate of drug-likeness (QED) is 0.594. The number of carbonyl (C=O) groups is 1. The first-order chi connectivity index (χ1) is 16.7. The molecule has 2 aromatic rings. The van der Waals surface area contributed by atoms with E-state index in [2.05, 4.69) is 10.3 Å². The van der Waals surface area contributed by atoms with Crippen LogP contribution >= 0.6 is 0 Å². The molecule has 4 rings (SSSR count). The van der Waals surface area contributed by atoms with Gasteiger partial charge in [-0.2, -0.15) is 13.2 Å². The molecule has 188 valence electrons. The molecule has 7 nitrogen and oxygen atoms in total. The molecule has 2 aliphatic heterocycles. The molecule has 35 heavy (non-hydrogen) atoms. The summed E-state index contributed by atoms with van der Waals surface area (Å²) in [6.45, 7) is 1.59. The number of hydrogen-bond acceptors (Lipinski definition) is 5. The maximum absolute atomic E-state index is 13.3. The van der Waals surface area contributed by atoms with Gasteiger partial charge in [-0.25, -0.2) is 0 Å². The average Bonchev–Trinajstić information content (AvgIpc) is 3.34. The third kappa shape index (κ3) is 5.18. The van der Waals surface area contributed by atoms with Gasteiger partial charge in [0, 0.05) is 61.7 Å². The summed E-state index contributed by atoms with van der Waals surface area (Å²) in [4.78, 5) is 31.7. The van der Waals surface area contributed by atoms with E-state index in [0.29, 0.717) is 24.2 Å². The standard InChI is InChI=1S/C25H29F3N4O3/c1-2-3-17-4-5-20-21-18(14-32(20)24(17)35)19(15-33)22(31(21)13-9-25(26,27)28)23(34)30-12-8-16-6-10-29-11-7-16/h2-7,10-11,18-19,21-22,33H,8-9,12-15H2,1H3,(H,30,34)/b3-2+/t18-,19-,21+,22-/m1/s1. The molecule has 2 aromatic heterocycles. The number of rotatable bonds is 8. The molecule has 4 heterocycles. The Kier molecular flexibility index (Phi) is 7.42. The van der Waals surface area contributed by atoms with Crippen LogP contribution in [0.15, 0.2) is 47.5 Å². The first-order valence-corrected chi connectivity index (χ1v) is 11.7. The van der Waals surface area contributed by atoms with Crippen LogP contribution in [0.25, 0.3) is 6.08 Å². The molecule has 4 atom stereocenters. The zero-order chi connectivity index (χ0) is 25.2. The fourth-order valence-electron chi connectivity index (χ4n) is 5.43. The van der Waals surface area contributed by atoms with Crippen LogP contribution in [0.4, 0.5) is 13.2 Å². The smallest absolute Gasteiger partial charge is 0.390 e. The first kappa shape index (κ1) is 25.1. The minimum absolute atomic E-state index is 0.221. The van der Waals surface area contributed by atoms with E-state index in [0.717, 1.165) is 5.56 Å². The van der Waals surface area contributed by atoms with E-state index in [1.807, 2.05) is 12.1 Å². The van der Waals surface area contributed by atoms with E-state index >= 15 is 0 Å². The van der Waals surface area contributed by atoms with E-state index in [4.69, 9.17) is 0 Å². The highest BCUT2D eigenvalue weighted by molar-refractivity contribution is 5.82. The second-order valence-corrected chi connectivity index (χ2v) is 9.03. The largest absolute Gasteiger partial charge is 0.396 e. The van der Waals surface area contributed by atoms with Crippen molar-refractivity contribution in [3.8, 4) is 0 Å². The lowest BCUT2D eigenvalue weighted by Gasteiger charge is -2.31. The van der Waals surface area contributed by atoms with Crippen molar-refractivity contribution >= 4 is 12.0 Å². The van der Waals surface area contributed by atoms with Gasteiger partial charge in [0.15, 0.2) is 0 Å². The second-order valence-electron chi connectivity index (χ2n) is 9.03. The average molecular weight is 491 g/mol. The molecular formula is C25H29F3N4O3. The SMILES string of the molecule is C/C=C/c1ccc2n(c1=O)C[C@@H]1[C@@H](CO)[C@H](C(=O)NCCc3ccncc3)N(CCC(F)(F)F)[C@H]21. The van der Waals surface area contributed by atoms with E-state index in [1.165, 1.54) is 4.90 Å². The molecule has 2 N–H and O–H groups in total. The number of hydrogen-bond donors (Lipinski definition) is 2. The molecule has 0 saturated carbocycles. The zero-order valence-electron chi connectivity index (χ0n) is 19.4. The minimum Gasteiger partial charge on any atom is -0.396 e. The Labute approximate surface area is 201 Å². The molecule has 0 spiro atoms. The van der Waals surface area contributed by atoms with Gasteiger partial charge in [0.05, 0.1) is 18.5 Å². The number of allylic oxidation sites excluding steroid dienone is 1. The third-order valence-corrected chi connectivity index (χ3v) is 6.95. The molecule has 0 aliphatic carbocycles. The normalized spacial score (nSPS) is 24.0. The van der Waals surface area contributed by atoms with Gasteiger partial charge in [-0.1, -0.05) is 12.2 Å². The fraction of sp³-hybridized carbons (Fsp3) is 0.480. The van der Waals surface area contributed by atoms with Gasteiger partial charge in [-0.15, -0.1) is 0 Å². The van der Waals surface area contributed by atoms with Gasteiger partial charge >= 0.3 is 6.18 Å². The van der Waals surface area contributed by atoms with Crippen LogP contribution in [0.5, 0.6) is 0 Å². The first-order valence-electron chi connectivity index (χ1n) is 11.7. The zero-order valence-corrected chi connectivity index (χ0v) is 19.4. The number of aromatic nitrogens is 2. The fourth-order valence-corrected chi connectivity index (χ4v) is 5.43. The van der Waals surface area contributed by atoms with Gasteiger partial charge in [0.2, 0.25) is 5.91 Å². The van der Waals surface area contributed by atoms with Crippen LogP contribution in [0.1, 0.15) is 36.2 Å². The number of alkyl halides is 3. The Morgan fingerprint density at radius 1 is 1.26 bits per heavy atom. The summed E-state index contributed by atoms with van der Waals surface area (Å²) in [5.74, 6) is -1.36. The Morgan fingerprint density at radius 2 is 2.00 bits per heavy atom. The highest BCUT2D eigenvalue weighted by atomic mass is 19.4. The lowest BCUT2D eigenvalue weighted by molar-refractivity contribution is -0.143. The summed E-state index contributed by atoms with van der Waals surface area (Å²) in [5, 5.41) is 13.1. The Hall–Kier alpha value is -2.98. The van der Waals surface area contributed by atoms with Crippen LogP contribution in [-0.2, 0) is 17.8 Å². The van der Waals surface area contributed by atoms with Crippen molar-refractivity contribution in [1.29, 1.82) is 0 Å². The number of nitrogens with zero attached hydrogens (tertiary/aromatic N) is 3. The Morgan fingerprint density at radius 3 is 2.66 bits per heavy atom. The molecule has 1 saturated heterocycles. The summed E-state index contributed by atoms with van der Waals surface area (Å²) in [7, 11) is 0. The van der Waals surface area contributed by atoms with Crippen molar-refractivity contribution < 1.29 is 23.1 Å². The number of pyridine rings is 2. The summed E-state index contributed by atoms with van der Waals surface area (Å²) < 4.78 is 41.2. The van der Waals surface area contributed by atoms with Gasteiger partial charge < -0.3 is 15.0 Å². The van der Waals surface area contributed by atoms with E-state index in [-0.39, 0.29) is 24.6 Å². The van der Waals surface area contributed by atoms with Crippen LogP contribution in [-0.4, -0.2) is 57.4 Å². The monoisotopic (exact) mass is 490 g/mol. The predicted octanol–water partition coefficient (Wildman–Crippen LogP) is 2.55. The van der Waals surface area contributed by atoms with Crippen molar-refractivity contribution in [2.45, 2.75) is 44.6 Å². The molecule has 0 radical (unpaired) electrons. The van der Waals surface area contributed by atoms with Crippen molar-refractivity contribution in [1.82, 2.24) is 19.8 Å². The Bertz CT molecular complexity index is 1130. The van der Waals surface area contributed by atoms with Gasteiger partial charge in [0.1, 0.15) is 0 Å². The van der Waals surface area contributed by atoms with E-state index < -0.39 is 43.1 Å². The maximum atomic E-state index is 13.3. The molecule has 0 aromatic carbocycles. The van der Waals surface area contributed by atoms with Gasteiger partial charge in [-0.3, -0.25) is 19.5 Å². The maximum Gasteiger partial charge on any atom is 0.390 e. The number of aliphatic hydroxyl groups excluding tert-OH is 1. The third-order valence-electron chi connectivity index (χ3n) is 6.95. The van der Waals surface area contributed by atoms with Crippen molar-refractivity contribution in [2.24, 2.45) is 11.8 Å². The summed E-state index contributed by atoms with van der Waals surface area (Å²) >= 11 is 0.